The van der Waals surface area contributed by atoms with E-state index in [2.05, 4.69) is 0 Å². The lowest BCUT2D eigenvalue weighted by molar-refractivity contribution is -0.385. The first kappa shape index (κ1) is 32.1. The van der Waals surface area contributed by atoms with Crippen LogP contribution in [0.4, 0.5) is 16.2 Å². The van der Waals surface area contributed by atoms with Crippen LogP contribution in [-0.2, 0) is 12.8 Å². The molecule has 2 amide bonds. The zero-order chi connectivity index (χ0) is 34.1. The Hall–Kier alpha value is -5.85. The molecule has 0 bridgehead atoms. The number of nitrogens with zero attached hydrogens (tertiary/aromatic N) is 4. The Morgan fingerprint density at radius 1 is 0.604 bits per heavy atom. The van der Waals surface area contributed by atoms with Crippen molar-refractivity contribution in [1.29, 1.82) is 0 Å². The van der Waals surface area contributed by atoms with Gasteiger partial charge in [0, 0.05) is 37.4 Å². The molecule has 2 aliphatic heterocycles. The molecule has 2 atom stereocenters. The molecular weight excluding hydrogens is 620 g/mol. The summed E-state index contributed by atoms with van der Waals surface area (Å²) in [6.07, 6.45) is 1.06. The zero-order valence-electron chi connectivity index (χ0n) is 26.9. The fraction of sp³-hybridized carbons (Fsp3) is 0.286. The first-order valence-electron chi connectivity index (χ1n) is 15.2. The third kappa shape index (κ3) is 5.67. The number of benzene rings is 4. The van der Waals surface area contributed by atoms with Crippen LogP contribution in [0.1, 0.15) is 45.5 Å². The van der Waals surface area contributed by atoms with Gasteiger partial charge in [-0.3, -0.25) is 20.2 Å². The molecule has 0 saturated carbocycles. The number of ether oxygens (including phenoxy) is 4. The van der Waals surface area contributed by atoms with Gasteiger partial charge < -0.3 is 28.7 Å². The van der Waals surface area contributed by atoms with E-state index < -0.39 is 21.9 Å². The number of non-ortho nitro benzene ring substituents is 2. The third-order valence-corrected chi connectivity index (χ3v) is 9.08. The molecule has 48 heavy (non-hydrogen) atoms. The van der Waals surface area contributed by atoms with E-state index in [9.17, 15) is 25.0 Å². The number of rotatable bonds is 8. The number of hydrogen-bond acceptors (Lipinski definition) is 9. The first-order chi connectivity index (χ1) is 23.2. The molecule has 2 aliphatic rings. The van der Waals surface area contributed by atoms with Gasteiger partial charge in [-0.15, -0.1) is 0 Å². The zero-order valence-corrected chi connectivity index (χ0v) is 26.9. The van der Waals surface area contributed by atoms with Gasteiger partial charge in [0.2, 0.25) is 0 Å². The highest BCUT2D eigenvalue weighted by Gasteiger charge is 2.40. The van der Waals surface area contributed by atoms with Crippen LogP contribution in [0.3, 0.4) is 0 Å². The summed E-state index contributed by atoms with van der Waals surface area (Å²) in [6.45, 7) is 0.705. The summed E-state index contributed by atoms with van der Waals surface area (Å²) in [5, 5.41) is 23.0. The third-order valence-electron chi connectivity index (χ3n) is 9.08. The van der Waals surface area contributed by atoms with Crippen LogP contribution in [-0.4, -0.2) is 67.2 Å². The van der Waals surface area contributed by atoms with Gasteiger partial charge in [0.1, 0.15) is 0 Å². The fourth-order valence-corrected chi connectivity index (χ4v) is 6.74. The number of amides is 2. The number of carbonyl (C=O) groups excluding carboxylic acids is 1. The quantitative estimate of drug-likeness (QED) is 0.159. The topological polar surface area (TPSA) is 147 Å². The lowest BCUT2D eigenvalue weighted by Crippen LogP contribution is -2.51. The molecule has 0 radical (unpaired) electrons. The Balaban J connectivity index is 1.48. The van der Waals surface area contributed by atoms with Crippen LogP contribution in [0.2, 0.25) is 0 Å². The van der Waals surface area contributed by atoms with E-state index in [4.69, 9.17) is 18.9 Å². The molecule has 13 nitrogen and oxygen atoms in total. The molecule has 2 heterocycles. The molecule has 0 N–H and O–H groups in total. The Labute approximate surface area is 276 Å². The highest BCUT2D eigenvalue weighted by atomic mass is 16.6. The van der Waals surface area contributed by atoms with Crippen LogP contribution in [0.25, 0.3) is 0 Å². The number of nitro benzene ring substituents is 2. The highest BCUT2D eigenvalue weighted by Crippen LogP contribution is 2.45. The van der Waals surface area contributed by atoms with Crippen molar-refractivity contribution in [2.45, 2.75) is 24.9 Å². The summed E-state index contributed by atoms with van der Waals surface area (Å²) in [5.41, 5.74) is 4.83. The predicted octanol–water partition coefficient (Wildman–Crippen LogP) is 6.25. The van der Waals surface area contributed by atoms with Gasteiger partial charge in [0.25, 0.3) is 11.4 Å². The molecule has 13 heteroatoms. The van der Waals surface area contributed by atoms with E-state index in [1.807, 2.05) is 24.3 Å². The predicted molar refractivity (Wildman–Crippen MR) is 175 cm³/mol. The molecule has 0 saturated heterocycles. The summed E-state index contributed by atoms with van der Waals surface area (Å²) in [5.74, 6) is 2.12. The largest absolute Gasteiger partial charge is 0.493 e. The molecular formula is C35H34N4O9. The van der Waals surface area contributed by atoms with Crippen molar-refractivity contribution in [2.75, 3.05) is 41.5 Å². The van der Waals surface area contributed by atoms with Crippen LogP contribution >= 0.6 is 0 Å². The number of methoxy groups -OCH3 is 4. The monoisotopic (exact) mass is 654 g/mol. The van der Waals surface area contributed by atoms with Gasteiger partial charge in [-0.1, -0.05) is 0 Å². The lowest BCUT2D eigenvalue weighted by atomic mass is 9.86. The molecule has 4 aromatic carbocycles. The summed E-state index contributed by atoms with van der Waals surface area (Å²) in [4.78, 5) is 40.6. The van der Waals surface area contributed by atoms with Crippen LogP contribution in [0, 0.1) is 20.2 Å². The summed E-state index contributed by atoms with van der Waals surface area (Å²) < 4.78 is 22.4. The summed E-state index contributed by atoms with van der Waals surface area (Å²) >= 11 is 0. The Bertz CT molecular complexity index is 1740. The normalized spacial score (nSPS) is 16.8. The minimum Gasteiger partial charge on any atom is -0.493 e. The molecule has 0 spiro atoms. The van der Waals surface area contributed by atoms with Crippen LogP contribution < -0.4 is 18.9 Å². The lowest BCUT2D eigenvalue weighted by Gasteiger charge is -2.45. The Morgan fingerprint density at radius 3 is 1.25 bits per heavy atom. The van der Waals surface area contributed by atoms with E-state index in [0.29, 0.717) is 60.1 Å². The second kappa shape index (κ2) is 13.1. The van der Waals surface area contributed by atoms with Gasteiger partial charge >= 0.3 is 6.03 Å². The number of fused-ring (bicyclic) bond motifs is 2. The fourth-order valence-electron chi connectivity index (χ4n) is 6.74. The Morgan fingerprint density at radius 2 is 0.938 bits per heavy atom. The highest BCUT2D eigenvalue weighted by molar-refractivity contribution is 5.78. The molecule has 4 aromatic rings. The number of urea groups is 1. The van der Waals surface area contributed by atoms with Gasteiger partial charge in [-0.2, -0.15) is 0 Å². The average molecular weight is 655 g/mol. The van der Waals surface area contributed by atoms with E-state index in [-0.39, 0.29) is 17.4 Å². The maximum absolute atomic E-state index is 15.0. The van der Waals surface area contributed by atoms with Gasteiger partial charge in [-0.05, 0) is 94.8 Å². The van der Waals surface area contributed by atoms with E-state index in [1.165, 1.54) is 24.3 Å². The second-order valence-corrected chi connectivity index (χ2v) is 11.5. The SMILES string of the molecule is COc1cc2c(cc1OC)[C@H](c1ccc([N+](=O)[O-])cc1)N(C(=O)N1CCc3cc(OC)c(OC)cc3[C@@H]1c1ccc([N+](=O)[O-])cc1)CC2. The van der Waals surface area contributed by atoms with Crippen molar-refractivity contribution in [1.82, 2.24) is 9.80 Å². The van der Waals surface area contributed by atoms with Crippen molar-refractivity contribution in [3.05, 3.63) is 126 Å². The van der Waals surface area contributed by atoms with Crippen molar-refractivity contribution >= 4 is 17.4 Å². The van der Waals surface area contributed by atoms with E-state index in [0.717, 1.165) is 22.3 Å². The van der Waals surface area contributed by atoms with Gasteiger partial charge in [0.15, 0.2) is 23.0 Å². The average Bonchev–Trinajstić information content (AvgIpc) is 3.12. The van der Waals surface area contributed by atoms with Gasteiger partial charge in [-0.25, -0.2) is 4.79 Å². The number of carbonyl (C=O) groups is 1. The van der Waals surface area contributed by atoms with E-state index in [1.54, 1.807) is 62.5 Å². The van der Waals surface area contributed by atoms with Gasteiger partial charge in [0.05, 0.1) is 50.4 Å². The van der Waals surface area contributed by atoms with E-state index >= 15 is 0 Å². The minimum atomic E-state index is -0.605. The molecule has 0 fully saturated rings. The molecule has 248 valence electrons. The first-order valence-corrected chi connectivity index (χ1v) is 15.2. The second-order valence-electron chi connectivity index (χ2n) is 11.5. The molecule has 0 aliphatic carbocycles. The number of nitro groups is 2. The summed E-state index contributed by atoms with van der Waals surface area (Å²) in [7, 11) is 6.21. The maximum Gasteiger partial charge on any atom is 0.321 e. The summed E-state index contributed by atoms with van der Waals surface area (Å²) in [6, 6.07) is 18.5. The smallest absolute Gasteiger partial charge is 0.321 e. The molecule has 0 aromatic heterocycles. The minimum absolute atomic E-state index is 0.0600. The van der Waals surface area contributed by atoms with Crippen LogP contribution in [0.5, 0.6) is 23.0 Å². The Kier molecular flexibility index (Phi) is 8.76. The van der Waals surface area contributed by atoms with Crippen molar-refractivity contribution < 1.29 is 33.6 Å². The standard InChI is InChI=1S/C35H34N4O9/c1-45-29-17-23-13-15-36(33(27(23)19-31(29)47-3)21-5-9-25(10-6-21)38(41)42)35(40)37-16-14-24-18-30(46-2)32(48-4)20-28(24)34(37)22-7-11-26(12-8-22)39(43)44/h5-12,17-20,33-34H,13-16H2,1-4H3/t33-,34-/m0/s1. The molecule has 6 rings (SSSR count). The maximum atomic E-state index is 15.0. The molecule has 0 unspecified atom stereocenters. The van der Waals surface area contributed by atoms with Crippen molar-refractivity contribution in [3.63, 3.8) is 0 Å². The number of hydrogen-bond donors (Lipinski definition) is 0. The van der Waals surface area contributed by atoms with Crippen molar-refractivity contribution in [2.24, 2.45) is 0 Å². The van der Waals surface area contributed by atoms with Crippen LogP contribution in [0.15, 0.2) is 72.8 Å². The van der Waals surface area contributed by atoms with Crippen molar-refractivity contribution in [3.8, 4) is 23.0 Å².